The first-order valence-electron chi connectivity index (χ1n) is 7.34. The second kappa shape index (κ2) is 5.77. The molecule has 0 N–H and O–H groups in total. The highest BCUT2D eigenvalue weighted by Crippen LogP contribution is 2.27. The van der Waals surface area contributed by atoms with Gasteiger partial charge in [-0.3, -0.25) is 4.79 Å². The zero-order chi connectivity index (χ0) is 14.0. The molecule has 1 aromatic rings. The summed E-state index contributed by atoms with van der Waals surface area (Å²) in [4.78, 5) is 14.6. The Bertz CT molecular complexity index is 458. The van der Waals surface area contributed by atoms with Gasteiger partial charge in [0.05, 0.1) is 0 Å². The van der Waals surface area contributed by atoms with E-state index >= 15 is 0 Å². The van der Waals surface area contributed by atoms with Crippen LogP contribution in [0.5, 0.6) is 0 Å². The van der Waals surface area contributed by atoms with Crippen molar-refractivity contribution >= 4 is 5.91 Å². The highest BCUT2D eigenvalue weighted by atomic mass is 16.2. The van der Waals surface area contributed by atoms with Crippen LogP contribution >= 0.6 is 0 Å². The number of hydrogen-bond donors (Lipinski definition) is 0. The van der Waals surface area contributed by atoms with Crippen LogP contribution in [0.15, 0.2) is 18.2 Å². The van der Waals surface area contributed by atoms with Crippen molar-refractivity contribution in [3.63, 3.8) is 0 Å². The van der Waals surface area contributed by atoms with Gasteiger partial charge in [0.2, 0.25) is 0 Å². The third-order valence-electron chi connectivity index (χ3n) is 4.69. The Morgan fingerprint density at radius 2 is 1.79 bits per heavy atom. The molecule has 1 aromatic carbocycles. The van der Waals surface area contributed by atoms with Gasteiger partial charge in [0.1, 0.15) is 0 Å². The highest BCUT2D eigenvalue weighted by molar-refractivity contribution is 5.96. The number of hydrogen-bond acceptors (Lipinski definition) is 1. The fourth-order valence-corrected chi connectivity index (χ4v) is 2.97. The molecule has 0 heterocycles. The second-order valence-corrected chi connectivity index (χ2v) is 6.08. The predicted molar refractivity (Wildman–Crippen MR) is 79.4 cm³/mol. The minimum Gasteiger partial charge on any atom is -0.339 e. The minimum absolute atomic E-state index is 0.181. The Kier molecular flexibility index (Phi) is 4.28. The summed E-state index contributed by atoms with van der Waals surface area (Å²) >= 11 is 0. The highest BCUT2D eigenvalue weighted by Gasteiger charge is 2.26. The normalized spacial score (nSPS) is 23.2. The van der Waals surface area contributed by atoms with E-state index in [0.717, 1.165) is 29.9 Å². The van der Waals surface area contributed by atoms with Gasteiger partial charge < -0.3 is 4.90 Å². The molecule has 0 aromatic heterocycles. The van der Waals surface area contributed by atoms with E-state index in [1.54, 1.807) is 0 Å². The summed E-state index contributed by atoms with van der Waals surface area (Å²) in [7, 11) is 1.96. The van der Waals surface area contributed by atoms with Crippen molar-refractivity contribution in [3.05, 3.63) is 34.9 Å². The third kappa shape index (κ3) is 2.99. The summed E-state index contributed by atoms with van der Waals surface area (Å²) < 4.78 is 0. The van der Waals surface area contributed by atoms with E-state index in [2.05, 4.69) is 19.9 Å². The average Bonchev–Trinajstić information content (AvgIpc) is 2.41. The molecule has 0 bridgehead atoms. The number of amides is 1. The van der Waals surface area contributed by atoms with Crippen molar-refractivity contribution in [2.24, 2.45) is 5.92 Å². The largest absolute Gasteiger partial charge is 0.339 e. The lowest BCUT2D eigenvalue weighted by atomic mass is 9.86. The van der Waals surface area contributed by atoms with E-state index in [1.807, 2.05) is 31.0 Å². The number of rotatable bonds is 2. The van der Waals surface area contributed by atoms with Gasteiger partial charge in [-0.25, -0.2) is 0 Å². The molecule has 0 saturated heterocycles. The second-order valence-electron chi connectivity index (χ2n) is 6.08. The van der Waals surface area contributed by atoms with Crippen LogP contribution < -0.4 is 0 Å². The van der Waals surface area contributed by atoms with Gasteiger partial charge in [0.25, 0.3) is 5.91 Å². The SMILES string of the molecule is Cc1cccc(C(=O)N(C)C2CCC(C)CC2)c1C. The number of carbonyl (C=O) groups is 1. The lowest BCUT2D eigenvalue weighted by Gasteiger charge is -2.34. The predicted octanol–water partition coefficient (Wildman–Crippen LogP) is 3.95. The fraction of sp³-hybridized carbons (Fsp3) is 0.588. The average molecular weight is 259 g/mol. The molecule has 1 aliphatic rings. The van der Waals surface area contributed by atoms with Crippen molar-refractivity contribution in [2.75, 3.05) is 7.05 Å². The topological polar surface area (TPSA) is 20.3 Å². The first kappa shape index (κ1) is 14.1. The molecule has 1 amide bonds. The van der Waals surface area contributed by atoms with Crippen molar-refractivity contribution in [2.45, 2.75) is 52.5 Å². The van der Waals surface area contributed by atoms with Crippen molar-refractivity contribution < 1.29 is 4.79 Å². The zero-order valence-corrected chi connectivity index (χ0v) is 12.6. The molecule has 1 saturated carbocycles. The van der Waals surface area contributed by atoms with E-state index in [-0.39, 0.29) is 5.91 Å². The Morgan fingerprint density at radius 1 is 1.16 bits per heavy atom. The van der Waals surface area contributed by atoms with Crippen LogP contribution in [0.4, 0.5) is 0 Å². The molecular weight excluding hydrogens is 234 g/mol. The van der Waals surface area contributed by atoms with Gasteiger partial charge >= 0.3 is 0 Å². The number of nitrogens with zero attached hydrogens (tertiary/aromatic N) is 1. The van der Waals surface area contributed by atoms with Crippen LogP contribution in [0.3, 0.4) is 0 Å². The lowest BCUT2D eigenvalue weighted by molar-refractivity contribution is 0.0678. The first-order chi connectivity index (χ1) is 9.00. The van der Waals surface area contributed by atoms with Crippen LogP contribution in [0.25, 0.3) is 0 Å². The Hall–Kier alpha value is -1.31. The van der Waals surface area contributed by atoms with Gasteiger partial charge in [-0.2, -0.15) is 0 Å². The summed E-state index contributed by atoms with van der Waals surface area (Å²) in [5, 5.41) is 0. The molecule has 19 heavy (non-hydrogen) atoms. The van der Waals surface area contributed by atoms with Gasteiger partial charge in [-0.15, -0.1) is 0 Å². The van der Waals surface area contributed by atoms with Crippen LogP contribution in [0.1, 0.15) is 54.1 Å². The molecule has 0 unspecified atom stereocenters. The Morgan fingerprint density at radius 3 is 2.42 bits per heavy atom. The molecule has 2 heteroatoms. The van der Waals surface area contributed by atoms with Crippen molar-refractivity contribution in [3.8, 4) is 0 Å². The van der Waals surface area contributed by atoms with E-state index in [4.69, 9.17) is 0 Å². The number of aryl methyl sites for hydroxylation is 1. The Labute approximate surface area is 116 Å². The monoisotopic (exact) mass is 259 g/mol. The van der Waals surface area contributed by atoms with Gasteiger partial charge in [0.15, 0.2) is 0 Å². The molecule has 2 rings (SSSR count). The summed E-state index contributed by atoms with van der Waals surface area (Å²) in [5.74, 6) is 1.00. The summed E-state index contributed by atoms with van der Waals surface area (Å²) in [6.07, 6.45) is 4.78. The Balaban J connectivity index is 2.13. The molecular formula is C17H25NO. The molecule has 1 fully saturated rings. The van der Waals surface area contributed by atoms with Gasteiger partial charge in [0, 0.05) is 18.7 Å². The first-order valence-corrected chi connectivity index (χ1v) is 7.34. The summed E-state index contributed by atoms with van der Waals surface area (Å²) in [6, 6.07) is 6.41. The van der Waals surface area contributed by atoms with E-state index in [9.17, 15) is 4.79 Å². The molecule has 2 nitrogen and oxygen atoms in total. The van der Waals surface area contributed by atoms with Crippen LogP contribution in [0.2, 0.25) is 0 Å². The van der Waals surface area contributed by atoms with Gasteiger partial charge in [-0.05, 0) is 62.6 Å². The van der Waals surface area contributed by atoms with Crippen LogP contribution in [0, 0.1) is 19.8 Å². The molecule has 0 spiro atoms. The summed E-state index contributed by atoms with van der Waals surface area (Å²) in [5.41, 5.74) is 3.17. The standard InChI is InChI=1S/C17H25NO/c1-12-8-10-15(11-9-12)18(4)17(19)16-7-5-6-13(2)14(16)3/h5-7,12,15H,8-11H2,1-4H3. The number of carbonyl (C=O) groups excluding carboxylic acids is 1. The minimum atomic E-state index is 0.181. The fourth-order valence-electron chi connectivity index (χ4n) is 2.97. The van der Waals surface area contributed by atoms with Crippen molar-refractivity contribution in [1.29, 1.82) is 0 Å². The molecule has 1 aliphatic carbocycles. The quantitative estimate of drug-likeness (QED) is 0.787. The van der Waals surface area contributed by atoms with Gasteiger partial charge in [-0.1, -0.05) is 19.1 Å². The maximum Gasteiger partial charge on any atom is 0.254 e. The van der Waals surface area contributed by atoms with E-state index < -0.39 is 0 Å². The lowest BCUT2D eigenvalue weighted by Crippen LogP contribution is -2.39. The van der Waals surface area contributed by atoms with Crippen molar-refractivity contribution in [1.82, 2.24) is 4.90 Å². The third-order valence-corrected chi connectivity index (χ3v) is 4.69. The molecule has 0 radical (unpaired) electrons. The maximum absolute atomic E-state index is 12.6. The molecule has 0 aliphatic heterocycles. The molecule has 0 atom stereocenters. The maximum atomic E-state index is 12.6. The molecule has 104 valence electrons. The van der Waals surface area contributed by atoms with Crippen LogP contribution in [-0.4, -0.2) is 23.9 Å². The van der Waals surface area contributed by atoms with E-state index in [1.165, 1.54) is 18.4 Å². The zero-order valence-electron chi connectivity index (χ0n) is 12.6. The number of benzene rings is 1. The smallest absolute Gasteiger partial charge is 0.254 e. The van der Waals surface area contributed by atoms with E-state index in [0.29, 0.717) is 6.04 Å². The van der Waals surface area contributed by atoms with Crippen LogP contribution in [-0.2, 0) is 0 Å². The summed E-state index contributed by atoms with van der Waals surface area (Å²) in [6.45, 7) is 6.41.